The summed E-state index contributed by atoms with van der Waals surface area (Å²) in [5.41, 5.74) is 5.59. The lowest BCUT2D eigenvalue weighted by molar-refractivity contribution is -0.118. The maximum Gasteiger partial charge on any atom is 0.220 e. The van der Waals surface area contributed by atoms with Gasteiger partial charge in [0.25, 0.3) is 0 Å². The highest BCUT2D eigenvalue weighted by molar-refractivity contribution is 5.94. The van der Waals surface area contributed by atoms with Gasteiger partial charge in [0.2, 0.25) is 5.91 Å². The molecule has 4 nitrogen and oxygen atoms in total. The number of primary amides is 1. The van der Waals surface area contributed by atoms with Crippen molar-refractivity contribution in [3.63, 3.8) is 0 Å². The highest BCUT2D eigenvalue weighted by Gasteiger charge is 2.00. The molecular weight excluding hydrogens is 194 g/mol. The molecule has 0 saturated carbocycles. The first kappa shape index (κ1) is 11.2. The van der Waals surface area contributed by atoms with E-state index in [9.17, 15) is 9.59 Å². The Morgan fingerprint density at radius 3 is 2.33 bits per heavy atom. The zero-order chi connectivity index (χ0) is 11.3. The van der Waals surface area contributed by atoms with E-state index < -0.39 is 5.91 Å². The van der Waals surface area contributed by atoms with Crippen molar-refractivity contribution in [2.24, 2.45) is 5.73 Å². The third-order valence-corrected chi connectivity index (χ3v) is 1.88. The summed E-state index contributed by atoms with van der Waals surface area (Å²) in [6.07, 6.45) is 0.189. The summed E-state index contributed by atoms with van der Waals surface area (Å²) in [7, 11) is 0. The molecule has 15 heavy (non-hydrogen) atoms. The second-order valence-corrected chi connectivity index (χ2v) is 3.15. The molecule has 0 aromatic heterocycles. The van der Waals surface area contributed by atoms with Crippen molar-refractivity contribution >= 4 is 11.7 Å². The predicted molar refractivity (Wildman–Crippen MR) is 55.8 cm³/mol. The zero-order valence-corrected chi connectivity index (χ0v) is 8.53. The molecule has 0 saturated heterocycles. The summed E-state index contributed by atoms with van der Waals surface area (Å²) >= 11 is 0. The summed E-state index contributed by atoms with van der Waals surface area (Å²) in [5, 5.41) is 0. The number of Topliss-reactive ketones (excluding diaryl/α,β-unsaturated/α-hetero) is 1. The van der Waals surface area contributed by atoms with E-state index >= 15 is 0 Å². The quantitative estimate of drug-likeness (QED) is 0.736. The fraction of sp³-hybridized carbons (Fsp3) is 0.273. The Morgan fingerprint density at radius 2 is 1.87 bits per heavy atom. The second-order valence-electron chi connectivity index (χ2n) is 3.15. The van der Waals surface area contributed by atoms with Gasteiger partial charge in [-0.25, -0.2) is 0 Å². The first-order valence-corrected chi connectivity index (χ1v) is 4.61. The van der Waals surface area contributed by atoms with E-state index in [4.69, 9.17) is 10.5 Å². The summed E-state index contributed by atoms with van der Waals surface area (Å²) in [6.45, 7) is 1.76. The summed E-state index contributed by atoms with van der Waals surface area (Å²) < 4.78 is 5.24. The van der Waals surface area contributed by atoms with Crippen molar-refractivity contribution in [3.8, 4) is 5.75 Å². The number of carbonyl (C=O) groups excluding carboxylic acids is 2. The molecule has 0 unspecified atom stereocenters. The molecule has 1 aromatic carbocycles. The molecule has 0 heterocycles. The molecule has 0 aliphatic rings. The van der Waals surface area contributed by atoms with Crippen LogP contribution in [0.5, 0.6) is 5.75 Å². The van der Waals surface area contributed by atoms with Gasteiger partial charge in [-0.2, -0.15) is 0 Å². The van der Waals surface area contributed by atoms with Gasteiger partial charge in [0.15, 0.2) is 5.78 Å². The minimum Gasteiger partial charge on any atom is -0.493 e. The van der Waals surface area contributed by atoms with E-state index in [-0.39, 0.29) is 18.8 Å². The Balaban J connectivity index is 2.50. The van der Waals surface area contributed by atoms with Crippen LogP contribution >= 0.6 is 0 Å². The second kappa shape index (κ2) is 5.14. The molecule has 2 N–H and O–H groups in total. The molecule has 0 radical (unpaired) electrons. The van der Waals surface area contributed by atoms with Crippen LogP contribution in [-0.2, 0) is 4.79 Å². The van der Waals surface area contributed by atoms with Crippen LogP contribution in [0, 0.1) is 0 Å². The van der Waals surface area contributed by atoms with Crippen LogP contribution < -0.4 is 10.5 Å². The van der Waals surface area contributed by atoms with E-state index in [2.05, 4.69) is 0 Å². The monoisotopic (exact) mass is 207 g/mol. The third-order valence-electron chi connectivity index (χ3n) is 1.88. The van der Waals surface area contributed by atoms with Crippen LogP contribution in [0.15, 0.2) is 24.3 Å². The van der Waals surface area contributed by atoms with Gasteiger partial charge in [0.1, 0.15) is 5.75 Å². The van der Waals surface area contributed by atoms with Gasteiger partial charge in [-0.05, 0) is 31.2 Å². The van der Waals surface area contributed by atoms with Gasteiger partial charge in [-0.3, -0.25) is 9.59 Å². The first-order valence-electron chi connectivity index (χ1n) is 4.61. The number of rotatable bonds is 5. The summed E-state index contributed by atoms with van der Waals surface area (Å²) in [4.78, 5) is 21.4. The number of hydrogen-bond acceptors (Lipinski definition) is 3. The van der Waals surface area contributed by atoms with E-state index in [1.807, 2.05) is 0 Å². The Morgan fingerprint density at radius 1 is 1.27 bits per heavy atom. The maximum absolute atomic E-state index is 11.0. The molecule has 4 heteroatoms. The van der Waals surface area contributed by atoms with Crippen LogP contribution in [0.4, 0.5) is 0 Å². The highest BCUT2D eigenvalue weighted by Crippen LogP contribution is 2.12. The van der Waals surface area contributed by atoms with Crippen LogP contribution in [0.2, 0.25) is 0 Å². The minimum absolute atomic E-state index is 0.0127. The van der Waals surface area contributed by atoms with E-state index in [1.165, 1.54) is 6.92 Å². The molecule has 1 aromatic rings. The van der Waals surface area contributed by atoms with Gasteiger partial charge in [0, 0.05) is 5.56 Å². The lowest BCUT2D eigenvalue weighted by atomic mass is 10.1. The van der Waals surface area contributed by atoms with Crippen LogP contribution in [-0.4, -0.2) is 18.3 Å². The highest BCUT2D eigenvalue weighted by atomic mass is 16.5. The average Bonchev–Trinajstić information content (AvgIpc) is 2.18. The lowest BCUT2D eigenvalue weighted by Crippen LogP contribution is -2.14. The van der Waals surface area contributed by atoms with Crippen LogP contribution in [0.25, 0.3) is 0 Å². The number of benzene rings is 1. The third kappa shape index (κ3) is 3.81. The predicted octanol–water partition coefficient (Wildman–Crippen LogP) is 1.14. The molecule has 0 atom stereocenters. The minimum atomic E-state index is -0.393. The van der Waals surface area contributed by atoms with Crippen molar-refractivity contribution in [2.45, 2.75) is 13.3 Å². The summed E-state index contributed by atoms with van der Waals surface area (Å²) in [5.74, 6) is 0.246. The summed E-state index contributed by atoms with van der Waals surface area (Å²) in [6, 6.07) is 6.75. The fourth-order valence-corrected chi connectivity index (χ4v) is 1.06. The Bertz CT molecular complexity index is 357. The molecular formula is C11H13NO3. The van der Waals surface area contributed by atoms with Gasteiger partial charge in [0.05, 0.1) is 13.0 Å². The lowest BCUT2D eigenvalue weighted by Gasteiger charge is -2.04. The standard InChI is InChI=1S/C11H13NO3/c1-8(13)9-2-4-10(5-3-9)15-7-6-11(12)14/h2-5H,6-7H2,1H3,(H2,12,14). The SMILES string of the molecule is CC(=O)c1ccc(OCCC(N)=O)cc1. The van der Waals surface area contributed by atoms with Crippen LogP contribution in [0.1, 0.15) is 23.7 Å². The number of ketones is 1. The number of carbonyl (C=O) groups is 2. The molecule has 1 rings (SSSR count). The molecule has 80 valence electrons. The number of ether oxygens (including phenoxy) is 1. The number of nitrogens with two attached hydrogens (primary N) is 1. The molecule has 0 fully saturated rings. The van der Waals surface area contributed by atoms with Gasteiger partial charge < -0.3 is 10.5 Å². The maximum atomic E-state index is 11.0. The van der Waals surface area contributed by atoms with E-state index in [0.717, 1.165) is 0 Å². The van der Waals surface area contributed by atoms with Gasteiger partial charge in [-0.1, -0.05) is 0 Å². The van der Waals surface area contributed by atoms with E-state index in [0.29, 0.717) is 11.3 Å². The fourth-order valence-electron chi connectivity index (χ4n) is 1.06. The normalized spacial score (nSPS) is 9.67. The van der Waals surface area contributed by atoms with Crippen molar-refractivity contribution in [1.82, 2.24) is 0 Å². The number of amides is 1. The van der Waals surface area contributed by atoms with Crippen molar-refractivity contribution in [3.05, 3.63) is 29.8 Å². The van der Waals surface area contributed by atoms with Crippen molar-refractivity contribution in [1.29, 1.82) is 0 Å². The van der Waals surface area contributed by atoms with Crippen molar-refractivity contribution in [2.75, 3.05) is 6.61 Å². The van der Waals surface area contributed by atoms with Gasteiger partial charge in [-0.15, -0.1) is 0 Å². The Hall–Kier alpha value is -1.84. The smallest absolute Gasteiger partial charge is 0.220 e. The average molecular weight is 207 g/mol. The van der Waals surface area contributed by atoms with E-state index in [1.54, 1.807) is 24.3 Å². The number of hydrogen-bond donors (Lipinski definition) is 1. The molecule has 0 spiro atoms. The first-order chi connectivity index (χ1) is 7.09. The van der Waals surface area contributed by atoms with Crippen molar-refractivity contribution < 1.29 is 14.3 Å². The zero-order valence-electron chi connectivity index (χ0n) is 8.53. The topological polar surface area (TPSA) is 69.4 Å². The largest absolute Gasteiger partial charge is 0.493 e. The molecule has 0 bridgehead atoms. The molecule has 0 aliphatic heterocycles. The molecule has 1 amide bonds. The Labute approximate surface area is 88.0 Å². The van der Waals surface area contributed by atoms with Crippen LogP contribution in [0.3, 0.4) is 0 Å². The molecule has 0 aliphatic carbocycles. The van der Waals surface area contributed by atoms with Gasteiger partial charge >= 0.3 is 0 Å². The Kier molecular flexibility index (Phi) is 3.85.